The summed E-state index contributed by atoms with van der Waals surface area (Å²) in [6.45, 7) is 5.65. The third-order valence-corrected chi connectivity index (χ3v) is 13.1. The van der Waals surface area contributed by atoms with Gasteiger partial charge in [0, 0.05) is 55.3 Å². The monoisotopic (exact) mass is 710 g/mol. The highest BCUT2D eigenvalue weighted by Crippen LogP contribution is 2.47. The zero-order chi connectivity index (χ0) is 34.2. The van der Waals surface area contributed by atoms with Crippen molar-refractivity contribution >= 4 is 39.3 Å². The number of carbonyl (C=O) groups excluding carboxylic acids is 2. The molecule has 2 fully saturated rings. The van der Waals surface area contributed by atoms with E-state index < -0.39 is 16.1 Å². The Bertz CT molecular complexity index is 1710. The van der Waals surface area contributed by atoms with E-state index in [0.717, 1.165) is 68.7 Å². The molecule has 264 valence electrons. The first-order valence-electron chi connectivity index (χ1n) is 17.8. The van der Waals surface area contributed by atoms with E-state index >= 15 is 0 Å². The van der Waals surface area contributed by atoms with Gasteiger partial charge in [0.05, 0.1) is 18.4 Å². The van der Waals surface area contributed by atoms with E-state index in [1.54, 1.807) is 25.1 Å². The molecule has 2 aliphatic carbocycles. The van der Waals surface area contributed by atoms with Gasteiger partial charge < -0.3 is 19.3 Å². The van der Waals surface area contributed by atoms with E-state index in [9.17, 15) is 18.0 Å². The third kappa shape index (κ3) is 7.09. The molecule has 2 amide bonds. The van der Waals surface area contributed by atoms with Gasteiger partial charge in [0.1, 0.15) is 12.4 Å². The minimum Gasteiger partial charge on any atom is -0.490 e. The highest BCUT2D eigenvalue weighted by molar-refractivity contribution is 7.87. The second kappa shape index (κ2) is 14.2. The number of amides is 2. The number of halogens is 1. The summed E-state index contributed by atoms with van der Waals surface area (Å²) in [6, 6.07) is 11.4. The molecule has 1 saturated carbocycles. The van der Waals surface area contributed by atoms with Crippen molar-refractivity contribution in [2.45, 2.75) is 69.8 Å². The predicted molar refractivity (Wildman–Crippen MR) is 189 cm³/mol. The van der Waals surface area contributed by atoms with Crippen LogP contribution in [0.15, 0.2) is 48.6 Å². The van der Waals surface area contributed by atoms with Crippen LogP contribution in [0, 0.1) is 11.8 Å². The number of carbonyl (C=O) groups is 2. The number of rotatable bonds is 4. The van der Waals surface area contributed by atoms with Gasteiger partial charge in [-0.15, -0.1) is 0 Å². The number of anilines is 1. The van der Waals surface area contributed by atoms with Crippen LogP contribution < -0.4 is 14.4 Å². The topological polar surface area (TPSA) is 108 Å². The van der Waals surface area contributed by atoms with Crippen molar-refractivity contribution in [1.29, 1.82) is 0 Å². The highest BCUT2D eigenvalue weighted by Gasteiger charge is 2.44. The molecule has 0 aromatic heterocycles. The van der Waals surface area contributed by atoms with Crippen LogP contribution in [0.1, 0.15) is 73.4 Å². The minimum absolute atomic E-state index is 0.0250. The molecule has 1 saturated heterocycles. The fourth-order valence-electron chi connectivity index (χ4n) is 8.48. The molecular formula is C37H47ClN4O6S. The summed E-state index contributed by atoms with van der Waals surface area (Å²) >= 11 is 6.45. The standard InChI is InChI=1S/C37H47ClN4O6S/c1-2-42-19-4-3-9-33(47-23-35(43)40-17-5-6-18-40)30-13-10-28(30)22-41-24-37(16-7-8-26-20-29(38)12-14-31(26)37)25-48-34-15-11-27(21-32(34)41)36(44)39-49(42,45)46/h3,9,11-12,14-15,20-21,28,30,33H,2,4-8,10,13,16-19,22-25H2,1H3,(H,39,44)/b9-3+/t28-,30+,33-,37-/m0/s1. The van der Waals surface area contributed by atoms with Crippen LogP contribution >= 0.6 is 11.6 Å². The zero-order valence-corrected chi connectivity index (χ0v) is 29.8. The molecule has 1 N–H and O–H groups in total. The number of hydrogen-bond donors (Lipinski definition) is 1. The number of nitrogens with one attached hydrogen (secondary N) is 1. The lowest BCUT2D eigenvalue weighted by Gasteiger charge is -2.46. The fourth-order valence-corrected chi connectivity index (χ4v) is 9.84. The fraction of sp³-hybridized carbons (Fsp3) is 0.568. The summed E-state index contributed by atoms with van der Waals surface area (Å²) in [4.78, 5) is 30.8. The molecule has 10 nitrogen and oxygen atoms in total. The summed E-state index contributed by atoms with van der Waals surface area (Å²) in [6.07, 6.45) is 11.1. The van der Waals surface area contributed by atoms with Gasteiger partial charge in [0.15, 0.2) is 0 Å². The molecule has 7 rings (SSSR count). The molecule has 2 aromatic rings. The van der Waals surface area contributed by atoms with Gasteiger partial charge in [-0.1, -0.05) is 36.7 Å². The summed E-state index contributed by atoms with van der Waals surface area (Å²) in [5.41, 5.74) is 3.25. The Hall–Kier alpha value is -3.12. The van der Waals surface area contributed by atoms with Gasteiger partial charge in [-0.2, -0.15) is 12.7 Å². The SMILES string of the molecule is CCN1CC/C=C/[C@H](OCC(=O)N2CCCC2)[C@@H]2CC[C@H]2CN2C[C@@]3(CCCc4cc(Cl)ccc43)COc3ccc(cc32)C(=O)NS1(=O)=O. The normalized spacial score (nSPS) is 29.2. The second-order valence-corrected chi connectivity index (χ2v) is 16.4. The van der Waals surface area contributed by atoms with Crippen molar-refractivity contribution in [3.05, 3.63) is 70.3 Å². The average molecular weight is 711 g/mol. The van der Waals surface area contributed by atoms with Crippen molar-refractivity contribution in [3.63, 3.8) is 0 Å². The molecule has 2 aromatic carbocycles. The number of fused-ring (bicyclic) bond motifs is 4. The van der Waals surface area contributed by atoms with Crippen LogP contribution in [-0.4, -0.2) is 88.0 Å². The van der Waals surface area contributed by atoms with Gasteiger partial charge in [-0.25, -0.2) is 4.72 Å². The Balaban J connectivity index is 1.25. The van der Waals surface area contributed by atoms with Crippen LogP contribution in [0.2, 0.25) is 5.02 Å². The van der Waals surface area contributed by atoms with E-state index in [1.807, 2.05) is 23.1 Å². The lowest BCUT2D eigenvalue weighted by atomic mass is 9.68. The van der Waals surface area contributed by atoms with E-state index in [-0.39, 0.29) is 54.5 Å². The lowest BCUT2D eigenvalue weighted by Crippen LogP contribution is -2.50. The number of nitrogens with zero attached hydrogens (tertiary/aromatic N) is 3. The van der Waals surface area contributed by atoms with Crippen molar-refractivity contribution in [1.82, 2.24) is 13.9 Å². The quantitative estimate of drug-likeness (QED) is 0.440. The van der Waals surface area contributed by atoms with Crippen LogP contribution in [0.3, 0.4) is 0 Å². The Kier molecular flexibility index (Phi) is 9.98. The first kappa shape index (κ1) is 34.3. The first-order chi connectivity index (χ1) is 23.7. The maximum Gasteiger partial charge on any atom is 0.304 e. The molecule has 0 radical (unpaired) electrons. The van der Waals surface area contributed by atoms with Crippen molar-refractivity contribution in [2.24, 2.45) is 11.8 Å². The van der Waals surface area contributed by atoms with E-state index in [2.05, 4.69) is 21.8 Å². The maximum atomic E-state index is 13.5. The van der Waals surface area contributed by atoms with Crippen LogP contribution in [0.5, 0.6) is 5.75 Å². The van der Waals surface area contributed by atoms with E-state index in [1.165, 1.54) is 15.4 Å². The summed E-state index contributed by atoms with van der Waals surface area (Å²) < 4.78 is 43.3. The van der Waals surface area contributed by atoms with Crippen molar-refractivity contribution in [3.8, 4) is 5.75 Å². The van der Waals surface area contributed by atoms with Gasteiger partial charge >= 0.3 is 10.2 Å². The molecule has 2 bridgehead atoms. The van der Waals surface area contributed by atoms with Crippen LogP contribution in [0.25, 0.3) is 0 Å². The molecule has 3 aliphatic heterocycles. The maximum absolute atomic E-state index is 13.5. The molecule has 5 aliphatic rings. The molecule has 1 spiro atoms. The summed E-state index contributed by atoms with van der Waals surface area (Å²) in [5, 5.41) is 0.727. The Morgan fingerprint density at radius 3 is 2.71 bits per heavy atom. The molecule has 12 heteroatoms. The Morgan fingerprint density at radius 1 is 1.10 bits per heavy atom. The van der Waals surface area contributed by atoms with E-state index in [4.69, 9.17) is 21.1 Å². The second-order valence-electron chi connectivity index (χ2n) is 14.3. The number of aryl methyl sites for hydroxylation is 1. The lowest BCUT2D eigenvalue weighted by molar-refractivity contribution is -0.138. The number of likely N-dealkylation sites (tertiary alicyclic amines) is 1. The largest absolute Gasteiger partial charge is 0.490 e. The summed E-state index contributed by atoms with van der Waals surface area (Å²) in [7, 11) is -4.09. The van der Waals surface area contributed by atoms with Crippen molar-refractivity contribution in [2.75, 3.05) is 57.4 Å². The molecular weight excluding hydrogens is 664 g/mol. The average Bonchev–Trinajstić information content (AvgIpc) is 3.57. The molecule has 0 unspecified atom stereocenters. The molecule has 49 heavy (non-hydrogen) atoms. The molecule has 4 atom stereocenters. The van der Waals surface area contributed by atoms with Gasteiger partial charge in [-0.05, 0) is 105 Å². The number of hydrogen-bond acceptors (Lipinski definition) is 7. The van der Waals surface area contributed by atoms with Crippen molar-refractivity contribution < 1.29 is 27.5 Å². The zero-order valence-electron chi connectivity index (χ0n) is 28.2. The summed E-state index contributed by atoms with van der Waals surface area (Å²) in [5.74, 6) is 0.503. The Morgan fingerprint density at radius 2 is 1.94 bits per heavy atom. The highest BCUT2D eigenvalue weighted by atomic mass is 35.5. The smallest absolute Gasteiger partial charge is 0.304 e. The van der Waals surface area contributed by atoms with Gasteiger partial charge in [0.2, 0.25) is 5.91 Å². The minimum atomic E-state index is -4.09. The van der Waals surface area contributed by atoms with E-state index in [0.29, 0.717) is 31.9 Å². The number of benzene rings is 2. The Labute approximate surface area is 294 Å². The third-order valence-electron chi connectivity index (χ3n) is 11.3. The molecule has 3 heterocycles. The first-order valence-corrected chi connectivity index (χ1v) is 19.7. The van der Waals surface area contributed by atoms with Crippen LogP contribution in [-0.2, 0) is 31.6 Å². The predicted octanol–water partition coefficient (Wildman–Crippen LogP) is 5.10. The van der Waals surface area contributed by atoms with Gasteiger partial charge in [-0.3, -0.25) is 9.59 Å². The van der Waals surface area contributed by atoms with Crippen LogP contribution in [0.4, 0.5) is 5.69 Å². The number of ether oxygens (including phenoxy) is 2. The van der Waals surface area contributed by atoms with Gasteiger partial charge in [0.25, 0.3) is 5.91 Å².